The fourth-order valence-corrected chi connectivity index (χ4v) is 3.25. The third-order valence-corrected chi connectivity index (χ3v) is 4.83. The summed E-state index contributed by atoms with van der Waals surface area (Å²) in [7, 11) is 2.07. The Morgan fingerprint density at radius 1 is 0.962 bits per heavy atom. The second-order valence-electron chi connectivity index (χ2n) is 6.56. The minimum atomic E-state index is -0.256. The largest absolute Gasteiger partial charge is 0.398 e. The Balaban J connectivity index is 1.93. The van der Waals surface area contributed by atoms with Gasteiger partial charge in [0.1, 0.15) is 0 Å². The molecule has 26 heavy (non-hydrogen) atoms. The fraction of sp³-hybridized carbons (Fsp3) is 0.300. The van der Waals surface area contributed by atoms with E-state index in [1.807, 2.05) is 6.07 Å². The molecule has 0 heterocycles. The third kappa shape index (κ3) is 3.04. The highest BCUT2D eigenvalue weighted by molar-refractivity contribution is 6.33. The zero-order valence-corrected chi connectivity index (χ0v) is 15.1. The molecular weight excluding hydrogens is 328 g/mol. The second-order valence-corrected chi connectivity index (χ2v) is 6.56. The molecule has 1 aliphatic carbocycles. The number of rotatable bonds is 6. The van der Waals surface area contributed by atoms with Crippen LogP contribution in [0.1, 0.15) is 45.2 Å². The van der Waals surface area contributed by atoms with Gasteiger partial charge in [-0.1, -0.05) is 19.1 Å². The molecule has 0 saturated heterocycles. The Bertz CT molecular complexity index is 876. The number of fused-ring (bicyclic) bond motifs is 2. The van der Waals surface area contributed by atoms with Crippen LogP contribution in [0.3, 0.4) is 0 Å². The minimum absolute atomic E-state index is 0.211. The van der Waals surface area contributed by atoms with Gasteiger partial charge in [0.2, 0.25) is 0 Å². The van der Waals surface area contributed by atoms with Gasteiger partial charge >= 0.3 is 0 Å². The number of nitrogens with one attached hydrogen (secondary N) is 1. The van der Waals surface area contributed by atoms with Gasteiger partial charge < -0.3 is 21.7 Å². The van der Waals surface area contributed by atoms with E-state index in [1.165, 1.54) is 0 Å². The van der Waals surface area contributed by atoms with Crippen LogP contribution in [0.2, 0.25) is 0 Å². The monoisotopic (exact) mass is 352 g/mol. The van der Waals surface area contributed by atoms with Gasteiger partial charge in [0.25, 0.3) is 0 Å². The SMILES string of the molecule is CCN(C)CCCNc1cccc2c1C(=O)c1c(N)ccc(N)c1C2=O. The van der Waals surface area contributed by atoms with Crippen molar-refractivity contribution in [1.82, 2.24) is 4.90 Å². The summed E-state index contributed by atoms with van der Waals surface area (Å²) < 4.78 is 0. The highest BCUT2D eigenvalue weighted by atomic mass is 16.1. The zero-order chi connectivity index (χ0) is 18.8. The highest BCUT2D eigenvalue weighted by Gasteiger charge is 2.34. The quantitative estimate of drug-likeness (QED) is 0.465. The lowest BCUT2D eigenvalue weighted by Crippen LogP contribution is -2.25. The minimum Gasteiger partial charge on any atom is -0.398 e. The molecule has 0 amide bonds. The maximum atomic E-state index is 13.1. The zero-order valence-electron chi connectivity index (χ0n) is 15.1. The van der Waals surface area contributed by atoms with Crippen molar-refractivity contribution in [2.45, 2.75) is 13.3 Å². The maximum Gasteiger partial charge on any atom is 0.198 e. The Labute approximate surface area is 153 Å². The van der Waals surface area contributed by atoms with Gasteiger partial charge in [-0.3, -0.25) is 9.59 Å². The van der Waals surface area contributed by atoms with Crippen LogP contribution in [0.15, 0.2) is 30.3 Å². The summed E-state index contributed by atoms with van der Waals surface area (Å²) in [6.45, 7) is 4.77. The van der Waals surface area contributed by atoms with Crippen LogP contribution in [0.25, 0.3) is 0 Å². The number of nitrogens with zero attached hydrogens (tertiary/aromatic N) is 1. The first-order valence-electron chi connectivity index (χ1n) is 8.78. The maximum absolute atomic E-state index is 13.1. The number of ketones is 2. The summed E-state index contributed by atoms with van der Waals surface area (Å²) in [5, 5.41) is 3.30. The first kappa shape index (κ1) is 17.9. The molecule has 6 nitrogen and oxygen atoms in total. The number of hydrogen-bond acceptors (Lipinski definition) is 6. The smallest absolute Gasteiger partial charge is 0.198 e. The average Bonchev–Trinajstić information content (AvgIpc) is 2.64. The van der Waals surface area contributed by atoms with Gasteiger partial charge in [0.15, 0.2) is 11.6 Å². The molecule has 0 atom stereocenters. The first-order chi connectivity index (χ1) is 12.5. The van der Waals surface area contributed by atoms with Gasteiger partial charge in [-0.15, -0.1) is 0 Å². The van der Waals surface area contributed by atoms with Crippen molar-refractivity contribution >= 4 is 28.6 Å². The van der Waals surface area contributed by atoms with E-state index < -0.39 is 0 Å². The summed E-state index contributed by atoms with van der Waals surface area (Å²) in [5.41, 5.74) is 14.3. The molecule has 0 spiro atoms. The van der Waals surface area contributed by atoms with Gasteiger partial charge in [0, 0.05) is 29.2 Å². The van der Waals surface area contributed by atoms with Gasteiger partial charge in [-0.05, 0) is 44.8 Å². The molecule has 0 fully saturated rings. The lowest BCUT2D eigenvalue weighted by atomic mass is 9.81. The normalized spacial score (nSPS) is 12.9. The molecule has 0 saturated carbocycles. The van der Waals surface area contributed by atoms with E-state index in [2.05, 4.69) is 24.2 Å². The van der Waals surface area contributed by atoms with Crippen LogP contribution in [0.5, 0.6) is 0 Å². The van der Waals surface area contributed by atoms with E-state index in [9.17, 15) is 9.59 Å². The molecule has 1 aliphatic rings. The molecule has 2 aromatic carbocycles. The van der Waals surface area contributed by atoms with Crippen molar-refractivity contribution in [3.05, 3.63) is 52.6 Å². The van der Waals surface area contributed by atoms with E-state index in [0.29, 0.717) is 23.4 Å². The number of nitrogens with two attached hydrogens (primary N) is 2. The molecule has 0 bridgehead atoms. The molecule has 3 rings (SSSR count). The van der Waals surface area contributed by atoms with E-state index >= 15 is 0 Å². The highest BCUT2D eigenvalue weighted by Crippen LogP contribution is 2.37. The standard InChI is InChI=1S/C20H24N4O2/c1-3-24(2)11-5-10-23-15-7-4-6-12-16(15)20(26)18-14(22)9-8-13(21)17(18)19(12)25/h4,6-9,23H,3,5,10-11,21-22H2,1-2H3. The number of carbonyl (C=O) groups is 2. The Morgan fingerprint density at radius 3 is 2.27 bits per heavy atom. The van der Waals surface area contributed by atoms with E-state index in [-0.39, 0.29) is 34.1 Å². The van der Waals surface area contributed by atoms with Crippen LogP contribution in [0, 0.1) is 0 Å². The van der Waals surface area contributed by atoms with Crippen molar-refractivity contribution in [2.75, 3.05) is 43.5 Å². The molecule has 0 aromatic heterocycles. The topological polar surface area (TPSA) is 101 Å². The van der Waals surface area contributed by atoms with Crippen molar-refractivity contribution < 1.29 is 9.59 Å². The van der Waals surface area contributed by atoms with E-state index in [1.54, 1.807) is 24.3 Å². The van der Waals surface area contributed by atoms with Crippen LogP contribution < -0.4 is 16.8 Å². The number of nitrogen functional groups attached to an aromatic ring is 2. The lowest BCUT2D eigenvalue weighted by molar-refractivity contribution is 0.0981. The van der Waals surface area contributed by atoms with Crippen molar-refractivity contribution in [3.63, 3.8) is 0 Å². The second kappa shape index (κ2) is 7.17. The Kier molecular flexibility index (Phi) is 4.95. The number of benzene rings is 2. The van der Waals surface area contributed by atoms with E-state index in [0.717, 1.165) is 19.5 Å². The molecule has 6 heteroatoms. The van der Waals surface area contributed by atoms with Crippen LogP contribution in [0.4, 0.5) is 17.1 Å². The summed E-state index contributed by atoms with van der Waals surface area (Å²) in [4.78, 5) is 28.2. The average molecular weight is 352 g/mol. The fourth-order valence-electron chi connectivity index (χ4n) is 3.25. The van der Waals surface area contributed by atoms with Gasteiger partial charge in [-0.2, -0.15) is 0 Å². The molecule has 5 N–H and O–H groups in total. The third-order valence-electron chi connectivity index (χ3n) is 4.83. The van der Waals surface area contributed by atoms with Crippen molar-refractivity contribution in [1.29, 1.82) is 0 Å². The molecule has 2 aromatic rings. The molecule has 0 aliphatic heterocycles. The Morgan fingerprint density at radius 2 is 1.62 bits per heavy atom. The van der Waals surface area contributed by atoms with Gasteiger partial charge in [-0.25, -0.2) is 0 Å². The van der Waals surface area contributed by atoms with Crippen LogP contribution in [-0.2, 0) is 0 Å². The molecule has 136 valence electrons. The first-order valence-corrected chi connectivity index (χ1v) is 8.78. The molecule has 0 unspecified atom stereocenters. The number of hydrogen-bond donors (Lipinski definition) is 3. The van der Waals surface area contributed by atoms with Crippen molar-refractivity contribution in [3.8, 4) is 0 Å². The molecule has 0 radical (unpaired) electrons. The Hall–Kier alpha value is -2.86. The van der Waals surface area contributed by atoms with Crippen LogP contribution >= 0.6 is 0 Å². The summed E-state index contributed by atoms with van der Waals surface area (Å²) in [6.07, 6.45) is 0.932. The predicted octanol–water partition coefficient (Wildman–Crippen LogP) is 2.38. The predicted molar refractivity (Wildman–Crippen MR) is 105 cm³/mol. The van der Waals surface area contributed by atoms with Crippen molar-refractivity contribution in [2.24, 2.45) is 0 Å². The van der Waals surface area contributed by atoms with E-state index in [4.69, 9.17) is 11.5 Å². The van der Waals surface area contributed by atoms with Crippen LogP contribution in [-0.4, -0.2) is 43.1 Å². The molecular formula is C20H24N4O2. The number of carbonyl (C=O) groups excluding carboxylic acids is 2. The lowest BCUT2D eigenvalue weighted by Gasteiger charge is -2.23. The summed E-state index contributed by atoms with van der Waals surface area (Å²) in [5.74, 6) is -0.512. The summed E-state index contributed by atoms with van der Waals surface area (Å²) in [6, 6.07) is 8.40. The summed E-state index contributed by atoms with van der Waals surface area (Å²) >= 11 is 0. The number of anilines is 3. The van der Waals surface area contributed by atoms with Gasteiger partial charge in [0.05, 0.1) is 16.7 Å².